The SMILES string of the molecule is CC(Nc1ccc(-c2nnco2)cc1)C1CCCC1. The summed E-state index contributed by atoms with van der Waals surface area (Å²) < 4.78 is 5.18. The minimum absolute atomic E-state index is 0.539. The summed E-state index contributed by atoms with van der Waals surface area (Å²) in [5.41, 5.74) is 2.11. The van der Waals surface area contributed by atoms with Crippen molar-refractivity contribution >= 4 is 5.69 Å². The number of hydrogen-bond acceptors (Lipinski definition) is 4. The van der Waals surface area contributed by atoms with Crippen molar-refractivity contribution in [3.63, 3.8) is 0 Å². The summed E-state index contributed by atoms with van der Waals surface area (Å²) in [6, 6.07) is 8.71. The Hall–Kier alpha value is -1.84. The van der Waals surface area contributed by atoms with Gasteiger partial charge >= 0.3 is 0 Å². The Morgan fingerprint density at radius 2 is 1.95 bits per heavy atom. The van der Waals surface area contributed by atoms with Gasteiger partial charge in [-0.05, 0) is 49.9 Å². The highest BCUT2D eigenvalue weighted by atomic mass is 16.4. The van der Waals surface area contributed by atoms with Crippen molar-refractivity contribution in [2.75, 3.05) is 5.32 Å². The van der Waals surface area contributed by atoms with Gasteiger partial charge in [-0.25, -0.2) is 0 Å². The van der Waals surface area contributed by atoms with Crippen LogP contribution in [0.5, 0.6) is 0 Å². The summed E-state index contributed by atoms with van der Waals surface area (Å²) in [7, 11) is 0. The van der Waals surface area contributed by atoms with Crippen molar-refractivity contribution in [2.24, 2.45) is 5.92 Å². The highest BCUT2D eigenvalue weighted by Gasteiger charge is 2.21. The zero-order valence-electron chi connectivity index (χ0n) is 11.2. The second kappa shape index (κ2) is 5.43. The molecule has 0 bridgehead atoms. The third kappa shape index (κ3) is 2.78. The molecular formula is C15H19N3O. The van der Waals surface area contributed by atoms with Crippen LogP contribution in [0.1, 0.15) is 32.6 Å². The Bertz CT molecular complexity index is 501. The quantitative estimate of drug-likeness (QED) is 0.906. The van der Waals surface area contributed by atoms with Gasteiger partial charge in [-0.1, -0.05) is 12.8 Å². The summed E-state index contributed by atoms with van der Waals surface area (Å²) in [4.78, 5) is 0. The van der Waals surface area contributed by atoms with Crippen molar-refractivity contribution in [2.45, 2.75) is 38.6 Å². The van der Waals surface area contributed by atoms with Crippen LogP contribution < -0.4 is 5.32 Å². The zero-order valence-corrected chi connectivity index (χ0v) is 11.2. The van der Waals surface area contributed by atoms with E-state index in [0.717, 1.165) is 17.2 Å². The molecule has 1 N–H and O–H groups in total. The molecule has 2 aromatic rings. The first kappa shape index (κ1) is 12.2. The fourth-order valence-electron chi connectivity index (χ4n) is 2.85. The van der Waals surface area contributed by atoms with Crippen LogP contribution in [0.4, 0.5) is 5.69 Å². The van der Waals surface area contributed by atoms with E-state index < -0.39 is 0 Å². The molecule has 1 aromatic heterocycles. The number of rotatable bonds is 4. The van der Waals surface area contributed by atoms with Crippen LogP contribution in [0.2, 0.25) is 0 Å². The molecule has 1 fully saturated rings. The molecule has 0 aliphatic heterocycles. The average Bonchev–Trinajstić information content (AvgIpc) is 3.13. The highest BCUT2D eigenvalue weighted by molar-refractivity contribution is 5.58. The maximum absolute atomic E-state index is 5.18. The largest absolute Gasteiger partial charge is 0.423 e. The topological polar surface area (TPSA) is 51.0 Å². The van der Waals surface area contributed by atoms with Gasteiger partial charge in [0.2, 0.25) is 12.3 Å². The lowest BCUT2D eigenvalue weighted by atomic mass is 9.99. The average molecular weight is 257 g/mol. The predicted molar refractivity (Wildman–Crippen MR) is 74.8 cm³/mol. The third-order valence-electron chi connectivity index (χ3n) is 3.99. The molecule has 1 saturated carbocycles. The van der Waals surface area contributed by atoms with E-state index in [9.17, 15) is 0 Å². The molecule has 19 heavy (non-hydrogen) atoms. The van der Waals surface area contributed by atoms with Gasteiger partial charge in [0.1, 0.15) is 0 Å². The van der Waals surface area contributed by atoms with Gasteiger partial charge in [-0.2, -0.15) is 0 Å². The Morgan fingerprint density at radius 3 is 2.58 bits per heavy atom. The van der Waals surface area contributed by atoms with E-state index in [1.807, 2.05) is 12.1 Å². The van der Waals surface area contributed by atoms with E-state index in [0.29, 0.717) is 11.9 Å². The normalized spacial score (nSPS) is 17.5. The number of aromatic nitrogens is 2. The van der Waals surface area contributed by atoms with E-state index in [-0.39, 0.29) is 0 Å². The molecule has 1 aliphatic carbocycles. The predicted octanol–water partition coefficient (Wildman–Crippen LogP) is 3.73. The molecule has 0 spiro atoms. The summed E-state index contributed by atoms with van der Waals surface area (Å²) in [5.74, 6) is 1.38. The molecule has 100 valence electrons. The number of nitrogens with zero attached hydrogens (tertiary/aromatic N) is 2. The van der Waals surface area contributed by atoms with Gasteiger partial charge in [-0.15, -0.1) is 10.2 Å². The summed E-state index contributed by atoms with van der Waals surface area (Å²) in [6.07, 6.45) is 6.83. The first-order valence-electron chi connectivity index (χ1n) is 6.96. The van der Waals surface area contributed by atoms with Gasteiger partial charge in [0.05, 0.1) is 0 Å². The Labute approximate surface area is 113 Å². The Balaban J connectivity index is 1.65. The van der Waals surface area contributed by atoms with E-state index >= 15 is 0 Å². The van der Waals surface area contributed by atoms with Crippen LogP contribution >= 0.6 is 0 Å². The highest BCUT2D eigenvalue weighted by Crippen LogP contribution is 2.29. The van der Waals surface area contributed by atoms with E-state index in [2.05, 4.69) is 34.6 Å². The third-order valence-corrected chi connectivity index (χ3v) is 3.99. The number of benzene rings is 1. The fraction of sp³-hybridized carbons (Fsp3) is 0.467. The van der Waals surface area contributed by atoms with E-state index in [1.165, 1.54) is 32.1 Å². The number of hydrogen-bond donors (Lipinski definition) is 1. The second-order valence-electron chi connectivity index (χ2n) is 5.30. The minimum atomic E-state index is 0.539. The smallest absolute Gasteiger partial charge is 0.247 e. The van der Waals surface area contributed by atoms with Crippen LogP contribution in [0, 0.1) is 5.92 Å². The standard InChI is InChI=1S/C15H19N3O/c1-11(12-4-2-3-5-12)17-14-8-6-13(7-9-14)15-18-16-10-19-15/h6-12,17H,2-5H2,1H3. The lowest BCUT2D eigenvalue weighted by molar-refractivity contribution is 0.482. The molecule has 3 rings (SSSR count). The van der Waals surface area contributed by atoms with Gasteiger partial charge < -0.3 is 9.73 Å². The van der Waals surface area contributed by atoms with Crippen LogP contribution in [0.3, 0.4) is 0 Å². The van der Waals surface area contributed by atoms with Crippen LogP contribution in [-0.4, -0.2) is 16.2 Å². The molecule has 4 nitrogen and oxygen atoms in total. The fourth-order valence-corrected chi connectivity index (χ4v) is 2.85. The van der Waals surface area contributed by atoms with Gasteiger partial charge in [0.25, 0.3) is 0 Å². The van der Waals surface area contributed by atoms with E-state index in [1.54, 1.807) is 0 Å². The molecule has 0 radical (unpaired) electrons. The van der Waals surface area contributed by atoms with Crippen LogP contribution in [0.25, 0.3) is 11.5 Å². The lowest BCUT2D eigenvalue weighted by Gasteiger charge is -2.21. The number of nitrogens with one attached hydrogen (secondary N) is 1. The molecule has 4 heteroatoms. The molecule has 1 heterocycles. The summed E-state index contributed by atoms with van der Waals surface area (Å²) in [5, 5.41) is 11.2. The summed E-state index contributed by atoms with van der Waals surface area (Å²) in [6.45, 7) is 2.28. The molecule has 1 atom stereocenters. The van der Waals surface area contributed by atoms with Crippen molar-refractivity contribution in [1.82, 2.24) is 10.2 Å². The lowest BCUT2D eigenvalue weighted by Crippen LogP contribution is -2.23. The first-order valence-corrected chi connectivity index (χ1v) is 6.96. The maximum atomic E-state index is 5.18. The Morgan fingerprint density at radius 1 is 1.21 bits per heavy atom. The molecule has 0 saturated heterocycles. The van der Waals surface area contributed by atoms with Gasteiger partial charge in [0, 0.05) is 17.3 Å². The molecule has 1 unspecified atom stereocenters. The van der Waals surface area contributed by atoms with Crippen molar-refractivity contribution < 1.29 is 4.42 Å². The molecule has 1 aliphatic rings. The molecule has 1 aromatic carbocycles. The molecule has 0 amide bonds. The van der Waals surface area contributed by atoms with Crippen LogP contribution in [-0.2, 0) is 0 Å². The van der Waals surface area contributed by atoms with E-state index in [4.69, 9.17) is 4.42 Å². The van der Waals surface area contributed by atoms with Gasteiger partial charge in [0.15, 0.2) is 0 Å². The van der Waals surface area contributed by atoms with Crippen molar-refractivity contribution in [3.05, 3.63) is 30.7 Å². The molecular weight excluding hydrogens is 238 g/mol. The van der Waals surface area contributed by atoms with Gasteiger partial charge in [-0.3, -0.25) is 0 Å². The monoisotopic (exact) mass is 257 g/mol. The second-order valence-corrected chi connectivity index (χ2v) is 5.30. The van der Waals surface area contributed by atoms with Crippen molar-refractivity contribution in [3.8, 4) is 11.5 Å². The maximum Gasteiger partial charge on any atom is 0.247 e. The first-order chi connectivity index (χ1) is 9.33. The summed E-state index contributed by atoms with van der Waals surface area (Å²) >= 11 is 0. The van der Waals surface area contributed by atoms with Crippen molar-refractivity contribution in [1.29, 1.82) is 0 Å². The minimum Gasteiger partial charge on any atom is -0.423 e. The number of anilines is 1. The Kier molecular flexibility index (Phi) is 3.49. The van der Waals surface area contributed by atoms with Crippen LogP contribution in [0.15, 0.2) is 35.1 Å². The zero-order chi connectivity index (χ0) is 13.1.